The third-order valence-corrected chi connectivity index (χ3v) is 6.51. The molecule has 34 heavy (non-hydrogen) atoms. The third-order valence-electron chi connectivity index (χ3n) is 6.51. The van der Waals surface area contributed by atoms with Crippen LogP contribution >= 0.6 is 0 Å². The number of imide groups is 2. The molecule has 3 saturated heterocycles. The van der Waals surface area contributed by atoms with Crippen LogP contribution in [0.3, 0.4) is 0 Å². The molecule has 1 aromatic rings. The predicted molar refractivity (Wildman–Crippen MR) is 115 cm³/mol. The molecule has 4 amide bonds. The van der Waals surface area contributed by atoms with Crippen LogP contribution in [0.2, 0.25) is 0 Å². The highest BCUT2D eigenvalue weighted by atomic mass is 19.1. The summed E-state index contributed by atoms with van der Waals surface area (Å²) in [6, 6.07) is 1.27. The molecule has 3 heterocycles. The first-order chi connectivity index (χ1) is 16.3. The normalized spacial score (nSPS) is 24.6. The maximum absolute atomic E-state index is 15.2. The standard InChI is InChI=1S/C23H29F2N3O6/c24-18-2-1-15(34-14-5-9-33-10-6-14)11-16(18)20(26)19(25)12-17-21(29)27-23(31)28(22(17)30)13-3-7-32-8-4-13/h1-2,11,13-14,17,19-20H,3-10,12,26H2,(H,27,29,31)/t17?,19-,20-/m0/s1. The van der Waals surface area contributed by atoms with Crippen molar-refractivity contribution in [3.8, 4) is 5.75 Å². The van der Waals surface area contributed by atoms with Gasteiger partial charge in [0.2, 0.25) is 11.8 Å². The van der Waals surface area contributed by atoms with E-state index in [0.29, 0.717) is 57.9 Å². The average molecular weight is 481 g/mol. The zero-order valence-corrected chi connectivity index (χ0v) is 18.7. The van der Waals surface area contributed by atoms with Crippen molar-refractivity contribution in [3.05, 3.63) is 29.6 Å². The Morgan fingerprint density at radius 3 is 2.41 bits per heavy atom. The molecule has 3 aliphatic rings. The summed E-state index contributed by atoms with van der Waals surface area (Å²) in [6.45, 7) is 1.89. The quantitative estimate of drug-likeness (QED) is 0.572. The van der Waals surface area contributed by atoms with Crippen molar-refractivity contribution in [2.75, 3.05) is 26.4 Å². The van der Waals surface area contributed by atoms with Crippen LogP contribution in [-0.4, -0.2) is 67.5 Å². The number of ether oxygens (including phenoxy) is 3. The smallest absolute Gasteiger partial charge is 0.331 e. The third kappa shape index (κ3) is 5.37. The molecule has 0 aliphatic carbocycles. The van der Waals surface area contributed by atoms with Crippen LogP contribution < -0.4 is 15.8 Å². The zero-order chi connectivity index (χ0) is 24.2. The molecule has 3 N–H and O–H groups in total. The molecular formula is C23H29F2N3O6. The minimum atomic E-state index is -1.92. The summed E-state index contributed by atoms with van der Waals surface area (Å²) in [5.41, 5.74) is 5.91. The van der Waals surface area contributed by atoms with Gasteiger partial charge in [-0.15, -0.1) is 0 Å². The Labute approximate surface area is 195 Å². The number of carbonyl (C=O) groups is 3. The molecule has 9 nitrogen and oxygen atoms in total. The van der Waals surface area contributed by atoms with Gasteiger partial charge in [-0.3, -0.25) is 19.8 Å². The lowest BCUT2D eigenvalue weighted by Crippen LogP contribution is -2.62. The molecule has 3 fully saturated rings. The fourth-order valence-electron chi connectivity index (χ4n) is 4.53. The number of carbonyl (C=O) groups excluding carboxylic acids is 3. The van der Waals surface area contributed by atoms with Gasteiger partial charge in [0.1, 0.15) is 29.8 Å². The number of alkyl halides is 1. The monoisotopic (exact) mass is 481 g/mol. The summed E-state index contributed by atoms with van der Waals surface area (Å²) in [5, 5.41) is 2.13. The minimum absolute atomic E-state index is 0.0956. The Kier molecular flexibility index (Phi) is 7.74. The molecule has 0 bridgehead atoms. The van der Waals surface area contributed by atoms with E-state index in [-0.39, 0.29) is 11.7 Å². The van der Waals surface area contributed by atoms with E-state index < -0.39 is 54.3 Å². The van der Waals surface area contributed by atoms with Crippen LogP contribution in [0.25, 0.3) is 0 Å². The van der Waals surface area contributed by atoms with Gasteiger partial charge in [0, 0.05) is 44.1 Å². The Bertz CT molecular complexity index is 920. The van der Waals surface area contributed by atoms with E-state index in [0.717, 1.165) is 11.0 Å². The minimum Gasteiger partial charge on any atom is -0.490 e. The van der Waals surface area contributed by atoms with Crippen molar-refractivity contribution in [3.63, 3.8) is 0 Å². The number of rotatable bonds is 7. The molecule has 0 radical (unpaired) electrons. The highest BCUT2D eigenvalue weighted by Crippen LogP contribution is 2.31. The molecule has 1 unspecified atom stereocenters. The molecule has 4 rings (SSSR count). The van der Waals surface area contributed by atoms with Gasteiger partial charge in [-0.25, -0.2) is 13.6 Å². The van der Waals surface area contributed by atoms with Gasteiger partial charge >= 0.3 is 6.03 Å². The van der Waals surface area contributed by atoms with Crippen LogP contribution in [0.15, 0.2) is 18.2 Å². The number of hydrogen-bond acceptors (Lipinski definition) is 7. The highest BCUT2D eigenvalue weighted by Gasteiger charge is 2.45. The van der Waals surface area contributed by atoms with Gasteiger partial charge in [-0.05, 0) is 31.0 Å². The molecule has 3 atom stereocenters. The average Bonchev–Trinajstić information content (AvgIpc) is 2.83. The summed E-state index contributed by atoms with van der Waals surface area (Å²) < 4.78 is 46.2. The van der Waals surface area contributed by atoms with Crippen molar-refractivity contribution in [2.24, 2.45) is 11.7 Å². The number of nitrogens with one attached hydrogen (secondary N) is 1. The van der Waals surface area contributed by atoms with Crippen LogP contribution in [0.4, 0.5) is 13.6 Å². The fraction of sp³-hybridized carbons (Fsp3) is 0.609. The highest BCUT2D eigenvalue weighted by molar-refractivity contribution is 6.16. The number of amides is 4. The van der Waals surface area contributed by atoms with Crippen molar-refractivity contribution < 1.29 is 37.4 Å². The number of halogens is 2. The van der Waals surface area contributed by atoms with Crippen LogP contribution in [0.1, 0.15) is 43.7 Å². The number of nitrogens with zero attached hydrogens (tertiary/aromatic N) is 1. The number of barbiturate groups is 1. The first kappa shape index (κ1) is 24.5. The predicted octanol–water partition coefficient (Wildman–Crippen LogP) is 1.99. The molecule has 1 aromatic carbocycles. The number of benzene rings is 1. The SMILES string of the molecule is N[C@@H](c1cc(OC2CCOCC2)ccc1F)[C@@H](F)CC1C(=O)NC(=O)N(C2CCOCC2)C1=O. The van der Waals surface area contributed by atoms with E-state index in [4.69, 9.17) is 19.9 Å². The summed E-state index contributed by atoms with van der Waals surface area (Å²) in [5.74, 6) is -3.45. The van der Waals surface area contributed by atoms with E-state index in [1.807, 2.05) is 0 Å². The maximum Gasteiger partial charge on any atom is 0.331 e. The van der Waals surface area contributed by atoms with Crippen molar-refractivity contribution >= 4 is 17.8 Å². The Balaban J connectivity index is 1.45. The van der Waals surface area contributed by atoms with E-state index in [1.165, 1.54) is 12.1 Å². The Morgan fingerprint density at radius 1 is 1.09 bits per heavy atom. The molecule has 0 aromatic heterocycles. The van der Waals surface area contributed by atoms with Gasteiger partial charge in [-0.2, -0.15) is 0 Å². The van der Waals surface area contributed by atoms with Gasteiger partial charge in [0.15, 0.2) is 0 Å². The lowest BCUT2D eigenvalue weighted by molar-refractivity contribution is -0.146. The number of nitrogens with two attached hydrogens (primary N) is 1. The van der Waals surface area contributed by atoms with Crippen molar-refractivity contribution in [2.45, 2.75) is 56.5 Å². The van der Waals surface area contributed by atoms with Gasteiger partial charge < -0.3 is 19.9 Å². The molecule has 0 spiro atoms. The topological polar surface area (TPSA) is 120 Å². The second-order valence-corrected chi connectivity index (χ2v) is 8.79. The molecular weight excluding hydrogens is 452 g/mol. The van der Waals surface area contributed by atoms with E-state index >= 15 is 4.39 Å². The van der Waals surface area contributed by atoms with Gasteiger partial charge in [0.25, 0.3) is 0 Å². The van der Waals surface area contributed by atoms with Gasteiger partial charge in [0.05, 0.1) is 19.3 Å². The summed E-state index contributed by atoms with van der Waals surface area (Å²) >= 11 is 0. The number of hydrogen-bond donors (Lipinski definition) is 2. The molecule has 0 saturated carbocycles. The Hall–Kier alpha value is -2.63. The van der Waals surface area contributed by atoms with E-state index in [2.05, 4.69) is 5.32 Å². The molecule has 11 heteroatoms. The lowest BCUT2D eigenvalue weighted by Gasteiger charge is -2.37. The maximum atomic E-state index is 15.2. The number of urea groups is 1. The lowest BCUT2D eigenvalue weighted by atomic mass is 9.91. The second kappa shape index (κ2) is 10.7. The fourth-order valence-corrected chi connectivity index (χ4v) is 4.53. The van der Waals surface area contributed by atoms with E-state index in [1.54, 1.807) is 0 Å². The molecule has 3 aliphatic heterocycles. The first-order valence-corrected chi connectivity index (χ1v) is 11.5. The second-order valence-electron chi connectivity index (χ2n) is 8.79. The Morgan fingerprint density at radius 2 is 1.74 bits per heavy atom. The van der Waals surface area contributed by atoms with E-state index in [9.17, 15) is 18.8 Å². The van der Waals surface area contributed by atoms with Gasteiger partial charge in [-0.1, -0.05) is 0 Å². The summed E-state index contributed by atoms with van der Waals surface area (Å²) in [6.07, 6.45) is -0.354. The largest absolute Gasteiger partial charge is 0.490 e. The van der Waals surface area contributed by atoms with Crippen LogP contribution in [0.5, 0.6) is 5.75 Å². The van der Waals surface area contributed by atoms with Crippen LogP contribution in [0, 0.1) is 11.7 Å². The van der Waals surface area contributed by atoms with Crippen LogP contribution in [-0.2, 0) is 19.1 Å². The molecule has 186 valence electrons. The first-order valence-electron chi connectivity index (χ1n) is 11.5. The van der Waals surface area contributed by atoms with Crippen molar-refractivity contribution in [1.82, 2.24) is 10.2 Å². The summed E-state index contributed by atoms with van der Waals surface area (Å²) in [7, 11) is 0. The zero-order valence-electron chi connectivity index (χ0n) is 18.7. The summed E-state index contributed by atoms with van der Waals surface area (Å²) in [4.78, 5) is 38.6. The van der Waals surface area contributed by atoms with Crippen molar-refractivity contribution in [1.29, 1.82) is 0 Å².